The zero-order chi connectivity index (χ0) is 15.5. The Balaban J connectivity index is 2.32. The zero-order valence-electron chi connectivity index (χ0n) is 10.7. The number of aromatic nitrogens is 2. The topological polar surface area (TPSA) is 132 Å². The quantitative estimate of drug-likeness (QED) is 0.599. The van der Waals surface area contributed by atoms with Gasteiger partial charge in [-0.2, -0.15) is 9.82 Å². The van der Waals surface area contributed by atoms with Crippen molar-refractivity contribution in [3.63, 3.8) is 0 Å². The number of sulfonamides is 1. The van der Waals surface area contributed by atoms with Gasteiger partial charge in [0.05, 0.1) is 18.8 Å². The number of aromatic carboxylic acids is 1. The van der Waals surface area contributed by atoms with Crippen LogP contribution in [0.15, 0.2) is 41.6 Å². The number of nitrogens with one attached hydrogen (secondary N) is 2. The molecule has 9 heteroatoms. The number of hydrogen-bond donors (Lipinski definition) is 4. The van der Waals surface area contributed by atoms with E-state index >= 15 is 0 Å². The van der Waals surface area contributed by atoms with Gasteiger partial charge in [0.1, 0.15) is 5.56 Å². The van der Waals surface area contributed by atoms with Crippen molar-refractivity contribution >= 4 is 16.0 Å². The maximum absolute atomic E-state index is 12.2. The minimum atomic E-state index is -4.16. The maximum Gasteiger partial charge on any atom is 0.340 e. The Kier molecular flexibility index (Phi) is 4.36. The van der Waals surface area contributed by atoms with E-state index in [4.69, 9.17) is 5.11 Å². The van der Waals surface area contributed by atoms with E-state index in [-0.39, 0.29) is 0 Å². The van der Waals surface area contributed by atoms with E-state index in [0.29, 0.717) is 5.56 Å². The summed E-state index contributed by atoms with van der Waals surface area (Å²) >= 11 is 0. The molecule has 0 saturated heterocycles. The van der Waals surface area contributed by atoms with Crippen LogP contribution in [0.4, 0.5) is 0 Å². The third-order valence-corrected chi connectivity index (χ3v) is 4.23. The van der Waals surface area contributed by atoms with Gasteiger partial charge in [-0.25, -0.2) is 13.2 Å². The number of nitrogens with zero attached hydrogens (tertiary/aromatic N) is 1. The molecule has 2 rings (SSSR count). The summed E-state index contributed by atoms with van der Waals surface area (Å²) in [6, 6.07) is 7.56. The molecule has 0 unspecified atom stereocenters. The van der Waals surface area contributed by atoms with Gasteiger partial charge in [-0.1, -0.05) is 30.3 Å². The predicted molar refractivity (Wildman–Crippen MR) is 72.1 cm³/mol. The molecule has 0 aliphatic rings. The number of aromatic amines is 1. The summed E-state index contributed by atoms with van der Waals surface area (Å²) in [5.74, 6) is -1.41. The van der Waals surface area contributed by atoms with Gasteiger partial charge in [-0.05, 0) is 5.56 Å². The molecule has 1 atom stereocenters. The normalized spacial score (nSPS) is 13.0. The maximum atomic E-state index is 12.2. The number of benzene rings is 1. The fourth-order valence-electron chi connectivity index (χ4n) is 1.77. The van der Waals surface area contributed by atoms with Gasteiger partial charge < -0.3 is 10.2 Å². The summed E-state index contributed by atoms with van der Waals surface area (Å²) in [6.45, 7) is -0.472. The number of rotatable bonds is 6. The number of aliphatic hydroxyl groups is 1. The van der Waals surface area contributed by atoms with E-state index in [1.807, 2.05) is 0 Å². The Labute approximate surface area is 120 Å². The van der Waals surface area contributed by atoms with Crippen LogP contribution in [0.3, 0.4) is 0 Å². The lowest BCUT2D eigenvalue weighted by atomic mass is 10.1. The summed E-state index contributed by atoms with van der Waals surface area (Å²) in [5, 5.41) is 23.3. The number of aliphatic hydroxyl groups excluding tert-OH is 1. The summed E-state index contributed by atoms with van der Waals surface area (Å²) in [5.41, 5.74) is 0.0900. The van der Waals surface area contributed by atoms with Crippen molar-refractivity contribution in [1.82, 2.24) is 14.9 Å². The van der Waals surface area contributed by atoms with Gasteiger partial charge in [0, 0.05) is 0 Å². The van der Waals surface area contributed by atoms with Crippen LogP contribution < -0.4 is 4.72 Å². The van der Waals surface area contributed by atoms with E-state index in [9.17, 15) is 18.3 Å². The molecule has 2 aromatic rings. The highest BCUT2D eigenvalue weighted by Crippen LogP contribution is 2.18. The first-order chi connectivity index (χ1) is 9.95. The molecule has 0 radical (unpaired) electrons. The van der Waals surface area contributed by atoms with Crippen LogP contribution in [0.25, 0.3) is 0 Å². The summed E-state index contributed by atoms with van der Waals surface area (Å²) in [6.07, 6.45) is 0.910. The van der Waals surface area contributed by atoms with Gasteiger partial charge in [-0.15, -0.1) is 0 Å². The first-order valence-electron chi connectivity index (χ1n) is 5.90. The van der Waals surface area contributed by atoms with Gasteiger partial charge in [0.15, 0.2) is 5.03 Å². The van der Waals surface area contributed by atoms with Gasteiger partial charge in [0.25, 0.3) is 10.0 Å². The van der Waals surface area contributed by atoms with Crippen molar-refractivity contribution in [1.29, 1.82) is 0 Å². The lowest BCUT2D eigenvalue weighted by Gasteiger charge is -2.16. The first-order valence-corrected chi connectivity index (χ1v) is 7.39. The van der Waals surface area contributed by atoms with Crippen LogP contribution >= 0.6 is 0 Å². The Morgan fingerprint density at radius 2 is 2.00 bits per heavy atom. The first kappa shape index (κ1) is 15.2. The number of carboxylic acids is 1. The molecule has 0 spiro atoms. The predicted octanol–water partition coefficient (Wildman–Crippen LogP) is 0.120. The van der Waals surface area contributed by atoms with Crippen molar-refractivity contribution < 1.29 is 23.4 Å². The monoisotopic (exact) mass is 311 g/mol. The molecule has 21 heavy (non-hydrogen) atoms. The highest BCUT2D eigenvalue weighted by molar-refractivity contribution is 7.89. The Morgan fingerprint density at radius 3 is 2.57 bits per heavy atom. The van der Waals surface area contributed by atoms with E-state index in [0.717, 1.165) is 6.20 Å². The Morgan fingerprint density at radius 1 is 1.33 bits per heavy atom. The smallest absolute Gasteiger partial charge is 0.340 e. The van der Waals surface area contributed by atoms with Crippen molar-refractivity contribution in [2.24, 2.45) is 0 Å². The molecule has 0 aliphatic carbocycles. The minimum Gasteiger partial charge on any atom is -0.478 e. The SMILES string of the molecule is O=C(O)c1cn[nH]c1S(=O)(=O)N[C@@H](CO)c1ccccc1. The molecule has 0 amide bonds. The Bertz CT molecular complexity index is 726. The van der Waals surface area contributed by atoms with Crippen LogP contribution in [0, 0.1) is 0 Å². The highest BCUT2D eigenvalue weighted by atomic mass is 32.2. The van der Waals surface area contributed by atoms with Crippen molar-refractivity contribution in [3.05, 3.63) is 47.7 Å². The van der Waals surface area contributed by atoms with Gasteiger partial charge in [-0.3, -0.25) is 5.10 Å². The third-order valence-electron chi connectivity index (χ3n) is 2.79. The van der Waals surface area contributed by atoms with E-state index in [1.54, 1.807) is 30.3 Å². The number of hydrogen-bond acceptors (Lipinski definition) is 5. The summed E-state index contributed by atoms with van der Waals surface area (Å²) < 4.78 is 26.7. The van der Waals surface area contributed by atoms with E-state index in [2.05, 4.69) is 14.9 Å². The molecule has 4 N–H and O–H groups in total. The van der Waals surface area contributed by atoms with Gasteiger partial charge in [0.2, 0.25) is 0 Å². The third kappa shape index (κ3) is 3.27. The molecule has 1 aromatic carbocycles. The van der Waals surface area contributed by atoms with Crippen molar-refractivity contribution in [2.75, 3.05) is 6.61 Å². The average molecular weight is 311 g/mol. The second-order valence-corrected chi connectivity index (χ2v) is 5.84. The number of H-pyrrole nitrogens is 1. The lowest BCUT2D eigenvalue weighted by molar-refractivity contribution is 0.0692. The largest absolute Gasteiger partial charge is 0.478 e. The van der Waals surface area contributed by atoms with Crippen LogP contribution in [0.1, 0.15) is 22.0 Å². The van der Waals surface area contributed by atoms with E-state index in [1.165, 1.54) is 0 Å². The van der Waals surface area contributed by atoms with Crippen LogP contribution in [0.5, 0.6) is 0 Å². The average Bonchev–Trinajstić information content (AvgIpc) is 2.96. The van der Waals surface area contributed by atoms with Crippen LogP contribution in [-0.2, 0) is 10.0 Å². The number of carboxylic acid groups (broad SMARTS) is 1. The molecule has 1 heterocycles. The van der Waals surface area contributed by atoms with E-state index < -0.39 is 39.2 Å². The fraction of sp³-hybridized carbons (Fsp3) is 0.167. The second kappa shape index (κ2) is 6.04. The highest BCUT2D eigenvalue weighted by Gasteiger charge is 2.27. The molecular formula is C12H13N3O5S. The van der Waals surface area contributed by atoms with Crippen molar-refractivity contribution in [3.8, 4) is 0 Å². The molecule has 8 nitrogen and oxygen atoms in total. The molecule has 0 aliphatic heterocycles. The van der Waals surface area contributed by atoms with Crippen LogP contribution in [0.2, 0.25) is 0 Å². The molecule has 0 saturated carbocycles. The summed E-state index contributed by atoms with van der Waals surface area (Å²) in [7, 11) is -4.16. The fourth-order valence-corrected chi connectivity index (χ4v) is 3.08. The minimum absolute atomic E-state index is 0.466. The van der Waals surface area contributed by atoms with Crippen LogP contribution in [-0.4, -0.2) is 41.4 Å². The van der Waals surface area contributed by atoms with Crippen molar-refractivity contribution in [2.45, 2.75) is 11.1 Å². The zero-order valence-corrected chi connectivity index (χ0v) is 11.5. The molecule has 112 valence electrons. The molecule has 0 fully saturated rings. The standard InChI is InChI=1S/C12H13N3O5S/c16-7-10(8-4-2-1-3-5-8)15-21(19,20)11-9(12(17)18)6-13-14-11/h1-6,10,15-16H,7H2,(H,13,14)(H,17,18)/t10-/m0/s1. The molecular weight excluding hydrogens is 298 g/mol. The van der Waals surface area contributed by atoms with Gasteiger partial charge >= 0.3 is 5.97 Å². The second-order valence-electron chi connectivity index (χ2n) is 4.19. The lowest BCUT2D eigenvalue weighted by Crippen LogP contribution is -2.32. The summed E-state index contributed by atoms with van der Waals surface area (Å²) in [4.78, 5) is 11.0. The molecule has 1 aromatic heterocycles. The Hall–Kier alpha value is -2.23. The number of carbonyl (C=O) groups is 1. The molecule has 0 bridgehead atoms.